The maximum Gasteiger partial charge on any atom is 0.247 e. The molecule has 0 radical (unpaired) electrons. The van der Waals surface area contributed by atoms with Gasteiger partial charge in [-0.2, -0.15) is 4.31 Å². The molecule has 2 heterocycles. The summed E-state index contributed by atoms with van der Waals surface area (Å²) in [7, 11) is -3.81. The van der Waals surface area contributed by atoms with Gasteiger partial charge in [-0.15, -0.1) is 0 Å². The van der Waals surface area contributed by atoms with Crippen LogP contribution in [0.3, 0.4) is 0 Å². The number of amides is 1. The fourth-order valence-electron chi connectivity index (χ4n) is 2.17. The van der Waals surface area contributed by atoms with Crippen LogP contribution in [0.2, 0.25) is 0 Å². The highest BCUT2D eigenvalue weighted by molar-refractivity contribution is 7.89. The molecule has 1 fully saturated rings. The molecule has 2 rings (SSSR count). The number of H-pyrrole nitrogens is 1. The van der Waals surface area contributed by atoms with Crippen LogP contribution >= 0.6 is 0 Å². The molecular weight excluding hydrogens is 270 g/mol. The van der Waals surface area contributed by atoms with Crippen molar-refractivity contribution in [2.24, 2.45) is 5.73 Å². The summed E-state index contributed by atoms with van der Waals surface area (Å²) in [6.07, 6.45) is 3.01. The number of pyridine rings is 1. The molecule has 1 saturated heterocycles. The third-order valence-electron chi connectivity index (χ3n) is 3.14. The number of carbonyl (C=O) groups excluding carboxylic acids is 1. The van der Waals surface area contributed by atoms with Crippen molar-refractivity contribution in [3.05, 3.63) is 28.7 Å². The molecule has 0 bridgehead atoms. The van der Waals surface area contributed by atoms with Gasteiger partial charge in [-0.3, -0.25) is 9.59 Å². The highest BCUT2D eigenvalue weighted by Crippen LogP contribution is 2.24. The number of hydrogen-bond donors (Lipinski definition) is 2. The van der Waals surface area contributed by atoms with E-state index in [1.54, 1.807) is 0 Å². The van der Waals surface area contributed by atoms with Crippen molar-refractivity contribution in [3.8, 4) is 0 Å². The first-order chi connectivity index (χ1) is 8.93. The van der Waals surface area contributed by atoms with Crippen LogP contribution in [0.25, 0.3) is 0 Å². The summed E-state index contributed by atoms with van der Waals surface area (Å²) in [5.74, 6) is -0.646. The minimum absolute atomic E-state index is 0.0414. The Morgan fingerprint density at radius 2 is 2.11 bits per heavy atom. The average molecular weight is 285 g/mol. The van der Waals surface area contributed by atoms with E-state index < -0.39 is 22.0 Å². The SMILES string of the molecule is NC(=O)C1CCCCN1S(=O)(=O)c1ccc(=O)[nH]c1. The molecule has 1 amide bonds. The van der Waals surface area contributed by atoms with Crippen LogP contribution in [0.1, 0.15) is 19.3 Å². The summed E-state index contributed by atoms with van der Waals surface area (Å²) in [5.41, 5.74) is 4.87. The van der Waals surface area contributed by atoms with Gasteiger partial charge >= 0.3 is 0 Å². The lowest BCUT2D eigenvalue weighted by molar-refractivity contribution is -0.122. The molecule has 1 aromatic rings. The Kier molecular flexibility index (Phi) is 3.72. The zero-order valence-corrected chi connectivity index (χ0v) is 11.0. The molecule has 8 heteroatoms. The lowest BCUT2D eigenvalue weighted by Crippen LogP contribution is -2.50. The number of nitrogens with zero attached hydrogens (tertiary/aromatic N) is 1. The molecule has 0 spiro atoms. The van der Waals surface area contributed by atoms with Gasteiger partial charge in [0.1, 0.15) is 6.04 Å². The Bertz CT molecular complexity index is 617. The monoisotopic (exact) mass is 285 g/mol. The Hall–Kier alpha value is -1.67. The third kappa shape index (κ3) is 2.69. The van der Waals surface area contributed by atoms with Gasteiger partial charge in [-0.1, -0.05) is 6.42 Å². The second-order valence-corrected chi connectivity index (χ2v) is 6.31. The van der Waals surface area contributed by atoms with Crippen molar-refractivity contribution in [3.63, 3.8) is 0 Å². The lowest BCUT2D eigenvalue weighted by Gasteiger charge is -2.32. The first kappa shape index (κ1) is 13.8. The van der Waals surface area contributed by atoms with Crippen LogP contribution in [0.4, 0.5) is 0 Å². The number of carbonyl (C=O) groups is 1. The smallest absolute Gasteiger partial charge is 0.247 e. The summed E-state index contributed by atoms with van der Waals surface area (Å²) in [6, 6.07) is 1.54. The van der Waals surface area contributed by atoms with Crippen molar-refractivity contribution < 1.29 is 13.2 Å². The first-order valence-electron chi connectivity index (χ1n) is 5.93. The van der Waals surface area contributed by atoms with Crippen molar-refractivity contribution in [1.82, 2.24) is 9.29 Å². The molecule has 1 unspecified atom stereocenters. The van der Waals surface area contributed by atoms with E-state index in [1.165, 1.54) is 6.07 Å². The first-order valence-corrected chi connectivity index (χ1v) is 7.37. The van der Waals surface area contributed by atoms with Gasteiger partial charge in [-0.05, 0) is 18.9 Å². The zero-order valence-electron chi connectivity index (χ0n) is 10.2. The number of aromatic nitrogens is 1. The Balaban J connectivity index is 2.39. The Morgan fingerprint density at radius 1 is 1.37 bits per heavy atom. The molecule has 1 atom stereocenters. The number of nitrogens with one attached hydrogen (secondary N) is 1. The van der Waals surface area contributed by atoms with Crippen LogP contribution < -0.4 is 11.3 Å². The van der Waals surface area contributed by atoms with E-state index in [0.29, 0.717) is 12.8 Å². The predicted octanol–water partition coefficient (Wildman–Crippen LogP) is -0.597. The molecule has 1 aromatic heterocycles. The summed E-state index contributed by atoms with van der Waals surface area (Å²) in [5, 5.41) is 0. The molecule has 1 aliphatic rings. The van der Waals surface area contributed by atoms with Crippen molar-refractivity contribution >= 4 is 15.9 Å². The quantitative estimate of drug-likeness (QED) is 0.772. The number of sulfonamides is 1. The van der Waals surface area contributed by atoms with Crippen LogP contribution in [-0.2, 0) is 14.8 Å². The lowest BCUT2D eigenvalue weighted by atomic mass is 10.0. The molecule has 104 valence electrons. The zero-order chi connectivity index (χ0) is 14.0. The van der Waals surface area contributed by atoms with Gasteiger partial charge in [-0.25, -0.2) is 8.42 Å². The van der Waals surface area contributed by atoms with E-state index in [2.05, 4.69) is 4.98 Å². The number of piperidine rings is 1. The number of rotatable bonds is 3. The number of hydrogen-bond acceptors (Lipinski definition) is 4. The van der Waals surface area contributed by atoms with Gasteiger partial charge in [0.25, 0.3) is 0 Å². The van der Waals surface area contributed by atoms with Crippen LogP contribution in [-0.4, -0.2) is 36.2 Å². The maximum absolute atomic E-state index is 12.4. The molecule has 7 nitrogen and oxygen atoms in total. The minimum atomic E-state index is -3.81. The summed E-state index contributed by atoms with van der Waals surface area (Å²) in [4.78, 5) is 24.6. The molecule has 0 aromatic carbocycles. The van der Waals surface area contributed by atoms with Crippen molar-refractivity contribution in [2.45, 2.75) is 30.2 Å². The van der Waals surface area contributed by atoms with E-state index in [4.69, 9.17) is 5.73 Å². The van der Waals surface area contributed by atoms with E-state index in [1.807, 2.05) is 0 Å². The maximum atomic E-state index is 12.4. The fourth-order valence-corrected chi connectivity index (χ4v) is 3.80. The Labute approximate surface area is 110 Å². The van der Waals surface area contributed by atoms with Crippen molar-refractivity contribution in [1.29, 1.82) is 0 Å². The van der Waals surface area contributed by atoms with Crippen LogP contribution in [0, 0.1) is 0 Å². The standard InChI is InChI=1S/C11H15N3O4S/c12-11(16)9-3-1-2-6-14(9)19(17,18)8-4-5-10(15)13-7-8/h4-5,7,9H,1-3,6H2,(H2,12,16)(H,13,15). The second kappa shape index (κ2) is 5.14. The fraction of sp³-hybridized carbons (Fsp3) is 0.455. The van der Waals surface area contributed by atoms with Crippen LogP contribution in [0.15, 0.2) is 28.0 Å². The molecule has 0 saturated carbocycles. The van der Waals surface area contributed by atoms with Crippen LogP contribution in [0.5, 0.6) is 0 Å². The number of aromatic amines is 1. The van der Waals surface area contributed by atoms with E-state index in [-0.39, 0.29) is 17.0 Å². The van der Waals surface area contributed by atoms with Crippen molar-refractivity contribution in [2.75, 3.05) is 6.54 Å². The highest BCUT2D eigenvalue weighted by Gasteiger charge is 2.36. The molecular formula is C11H15N3O4S. The largest absolute Gasteiger partial charge is 0.368 e. The normalized spacial score (nSPS) is 21.2. The van der Waals surface area contributed by atoms with E-state index in [0.717, 1.165) is 23.0 Å². The third-order valence-corrected chi connectivity index (χ3v) is 5.05. The molecule has 3 N–H and O–H groups in total. The summed E-state index contributed by atoms with van der Waals surface area (Å²) < 4.78 is 25.9. The topological polar surface area (TPSA) is 113 Å². The molecule has 0 aliphatic carbocycles. The molecule has 19 heavy (non-hydrogen) atoms. The predicted molar refractivity (Wildman–Crippen MR) is 67.8 cm³/mol. The number of primary amides is 1. The van der Waals surface area contributed by atoms with E-state index >= 15 is 0 Å². The average Bonchev–Trinajstić information content (AvgIpc) is 2.39. The van der Waals surface area contributed by atoms with Gasteiger partial charge < -0.3 is 10.7 Å². The molecule has 1 aliphatic heterocycles. The van der Waals surface area contributed by atoms with Gasteiger partial charge in [0.2, 0.25) is 21.5 Å². The van der Waals surface area contributed by atoms with E-state index in [9.17, 15) is 18.0 Å². The Morgan fingerprint density at radius 3 is 2.68 bits per heavy atom. The second-order valence-electron chi connectivity index (χ2n) is 4.42. The van der Waals surface area contributed by atoms with Gasteiger partial charge in [0, 0.05) is 18.8 Å². The summed E-state index contributed by atoms with van der Waals surface area (Å²) in [6.45, 7) is 0.259. The van der Waals surface area contributed by atoms with Gasteiger partial charge in [0.15, 0.2) is 0 Å². The minimum Gasteiger partial charge on any atom is -0.368 e. The summed E-state index contributed by atoms with van der Waals surface area (Å²) >= 11 is 0. The van der Waals surface area contributed by atoms with Gasteiger partial charge in [0.05, 0.1) is 4.90 Å². The highest BCUT2D eigenvalue weighted by atomic mass is 32.2. The number of nitrogens with two attached hydrogens (primary N) is 1.